The number of primary amides is 1. The van der Waals surface area contributed by atoms with Crippen molar-refractivity contribution in [2.24, 2.45) is 5.73 Å². The summed E-state index contributed by atoms with van der Waals surface area (Å²) in [5.41, 5.74) is 9.27. The minimum absolute atomic E-state index is 0.103. The zero-order valence-electron chi connectivity index (χ0n) is 12.2. The molecule has 110 valence electrons. The number of thioether (sulfide) groups is 1. The van der Waals surface area contributed by atoms with E-state index in [0.29, 0.717) is 0 Å². The standard InChI is InChI=1S/C15H17N3O2S/c1-8-4-10(3)14-11(5-8)9(2)6-13(18-14)21-7-12(19)17-15(16)20/h4-6H,7H2,1-3H3,(H3,16,17,19,20). The van der Waals surface area contributed by atoms with E-state index in [1.54, 1.807) is 0 Å². The monoisotopic (exact) mass is 303 g/mol. The molecule has 0 unspecified atom stereocenters. The molecule has 1 aromatic heterocycles. The van der Waals surface area contributed by atoms with Crippen molar-refractivity contribution in [3.8, 4) is 0 Å². The fourth-order valence-electron chi connectivity index (χ4n) is 2.20. The third-order valence-electron chi connectivity index (χ3n) is 3.05. The lowest BCUT2D eigenvalue weighted by Gasteiger charge is -2.09. The number of carbonyl (C=O) groups excluding carboxylic acids is 2. The summed E-state index contributed by atoms with van der Waals surface area (Å²) in [6.45, 7) is 6.11. The van der Waals surface area contributed by atoms with Crippen molar-refractivity contribution >= 4 is 34.6 Å². The normalized spacial score (nSPS) is 10.6. The number of hydrogen-bond acceptors (Lipinski definition) is 4. The number of nitrogens with two attached hydrogens (primary N) is 1. The molecule has 6 heteroatoms. The molecule has 0 radical (unpaired) electrons. The molecule has 3 N–H and O–H groups in total. The molecule has 2 aromatic rings. The van der Waals surface area contributed by atoms with Gasteiger partial charge < -0.3 is 5.73 Å². The van der Waals surface area contributed by atoms with Crippen molar-refractivity contribution in [1.82, 2.24) is 10.3 Å². The Morgan fingerprint density at radius 1 is 1.19 bits per heavy atom. The van der Waals surface area contributed by atoms with Crippen LogP contribution in [0.4, 0.5) is 4.79 Å². The predicted molar refractivity (Wildman–Crippen MR) is 84.4 cm³/mol. The number of hydrogen-bond donors (Lipinski definition) is 2. The zero-order chi connectivity index (χ0) is 15.6. The molecular weight excluding hydrogens is 286 g/mol. The number of imide groups is 1. The van der Waals surface area contributed by atoms with E-state index in [2.05, 4.69) is 24.0 Å². The Balaban J connectivity index is 2.26. The molecule has 0 saturated heterocycles. The number of nitrogens with one attached hydrogen (secondary N) is 1. The maximum atomic E-state index is 11.4. The van der Waals surface area contributed by atoms with Gasteiger partial charge in [0.05, 0.1) is 16.3 Å². The lowest BCUT2D eigenvalue weighted by Crippen LogP contribution is -2.36. The lowest BCUT2D eigenvalue weighted by atomic mass is 10.0. The molecule has 0 atom stereocenters. The molecule has 0 aliphatic carbocycles. The molecule has 0 saturated carbocycles. The number of pyridine rings is 1. The van der Waals surface area contributed by atoms with Crippen molar-refractivity contribution in [2.75, 3.05) is 5.75 Å². The van der Waals surface area contributed by atoms with E-state index in [0.717, 1.165) is 27.1 Å². The van der Waals surface area contributed by atoms with Gasteiger partial charge in [-0.3, -0.25) is 10.1 Å². The molecule has 5 nitrogen and oxygen atoms in total. The van der Waals surface area contributed by atoms with E-state index in [-0.39, 0.29) is 5.75 Å². The van der Waals surface area contributed by atoms with Crippen LogP contribution in [0.15, 0.2) is 23.2 Å². The molecule has 1 heterocycles. The molecule has 0 fully saturated rings. The van der Waals surface area contributed by atoms with E-state index in [1.165, 1.54) is 17.3 Å². The Bertz CT molecular complexity index is 728. The molecular formula is C15H17N3O2S. The predicted octanol–water partition coefficient (Wildman–Crippen LogP) is 2.45. The van der Waals surface area contributed by atoms with Crippen molar-refractivity contribution in [2.45, 2.75) is 25.8 Å². The van der Waals surface area contributed by atoms with Crippen LogP contribution >= 0.6 is 11.8 Å². The summed E-state index contributed by atoms with van der Waals surface area (Å²) in [5.74, 6) is -0.320. The number of urea groups is 1. The van der Waals surface area contributed by atoms with Crippen LogP contribution in [0.3, 0.4) is 0 Å². The van der Waals surface area contributed by atoms with Crippen LogP contribution in [0.2, 0.25) is 0 Å². The van der Waals surface area contributed by atoms with Gasteiger partial charge in [-0.05, 0) is 44.0 Å². The van der Waals surface area contributed by atoms with Gasteiger partial charge in [-0.1, -0.05) is 23.4 Å². The van der Waals surface area contributed by atoms with E-state index >= 15 is 0 Å². The summed E-state index contributed by atoms with van der Waals surface area (Å²) in [4.78, 5) is 26.6. The van der Waals surface area contributed by atoms with E-state index in [1.807, 2.05) is 25.2 Å². The molecule has 0 aliphatic heterocycles. The number of fused-ring (bicyclic) bond motifs is 1. The summed E-state index contributed by atoms with van der Waals surface area (Å²) in [6.07, 6.45) is 0. The number of aryl methyl sites for hydroxylation is 3. The number of carbonyl (C=O) groups is 2. The first-order valence-corrected chi connectivity index (χ1v) is 7.46. The quantitative estimate of drug-likeness (QED) is 0.853. The van der Waals surface area contributed by atoms with Gasteiger partial charge in [0.2, 0.25) is 5.91 Å². The average Bonchev–Trinajstić information content (AvgIpc) is 2.37. The van der Waals surface area contributed by atoms with Crippen LogP contribution in [-0.4, -0.2) is 22.7 Å². The van der Waals surface area contributed by atoms with Crippen molar-refractivity contribution in [3.63, 3.8) is 0 Å². The van der Waals surface area contributed by atoms with Gasteiger partial charge in [0, 0.05) is 5.39 Å². The Kier molecular flexibility index (Phi) is 4.47. The number of rotatable bonds is 3. The lowest BCUT2D eigenvalue weighted by molar-refractivity contribution is -0.117. The van der Waals surface area contributed by atoms with Gasteiger partial charge in [-0.2, -0.15) is 0 Å². The maximum Gasteiger partial charge on any atom is 0.318 e. The summed E-state index contributed by atoms with van der Waals surface area (Å²) in [5, 5.41) is 3.91. The Morgan fingerprint density at radius 3 is 2.57 bits per heavy atom. The highest BCUT2D eigenvalue weighted by atomic mass is 32.2. The fraction of sp³-hybridized carbons (Fsp3) is 0.267. The SMILES string of the molecule is Cc1cc(C)c2nc(SCC(=O)NC(N)=O)cc(C)c2c1. The first kappa shape index (κ1) is 15.3. The second kappa shape index (κ2) is 6.13. The van der Waals surface area contributed by atoms with Gasteiger partial charge in [0.1, 0.15) is 0 Å². The van der Waals surface area contributed by atoms with Crippen LogP contribution in [0.25, 0.3) is 10.9 Å². The fourth-order valence-corrected chi connectivity index (χ4v) is 2.97. The molecule has 2 rings (SSSR count). The van der Waals surface area contributed by atoms with Gasteiger partial charge >= 0.3 is 6.03 Å². The molecule has 0 aliphatic rings. The highest BCUT2D eigenvalue weighted by molar-refractivity contribution is 7.99. The van der Waals surface area contributed by atoms with Crippen LogP contribution in [-0.2, 0) is 4.79 Å². The van der Waals surface area contributed by atoms with Gasteiger partial charge in [0.25, 0.3) is 0 Å². The second-order valence-corrected chi connectivity index (χ2v) is 5.95. The average molecular weight is 303 g/mol. The minimum Gasteiger partial charge on any atom is -0.351 e. The highest BCUT2D eigenvalue weighted by Gasteiger charge is 2.09. The highest BCUT2D eigenvalue weighted by Crippen LogP contribution is 2.26. The van der Waals surface area contributed by atoms with Crippen LogP contribution < -0.4 is 11.1 Å². The van der Waals surface area contributed by atoms with Crippen LogP contribution in [0.5, 0.6) is 0 Å². The summed E-state index contributed by atoms with van der Waals surface area (Å²) >= 11 is 1.28. The maximum absolute atomic E-state index is 11.4. The van der Waals surface area contributed by atoms with E-state index in [4.69, 9.17) is 5.73 Å². The summed E-state index contributed by atoms with van der Waals surface area (Å²) < 4.78 is 0. The first-order chi connectivity index (χ1) is 9.86. The van der Waals surface area contributed by atoms with Crippen molar-refractivity contribution in [1.29, 1.82) is 0 Å². The number of aromatic nitrogens is 1. The smallest absolute Gasteiger partial charge is 0.318 e. The van der Waals surface area contributed by atoms with Crippen LogP contribution in [0.1, 0.15) is 16.7 Å². The Morgan fingerprint density at radius 2 is 1.90 bits per heavy atom. The number of nitrogens with zero attached hydrogens (tertiary/aromatic N) is 1. The third-order valence-corrected chi connectivity index (χ3v) is 3.96. The Hall–Kier alpha value is -2.08. The molecule has 0 spiro atoms. The van der Waals surface area contributed by atoms with Gasteiger partial charge in [0.15, 0.2) is 0 Å². The minimum atomic E-state index is -0.838. The van der Waals surface area contributed by atoms with Crippen LogP contribution in [0, 0.1) is 20.8 Å². The van der Waals surface area contributed by atoms with Gasteiger partial charge in [-0.25, -0.2) is 9.78 Å². The van der Waals surface area contributed by atoms with E-state index < -0.39 is 11.9 Å². The molecule has 0 bridgehead atoms. The van der Waals surface area contributed by atoms with Crippen molar-refractivity contribution in [3.05, 3.63) is 34.9 Å². The zero-order valence-corrected chi connectivity index (χ0v) is 13.0. The van der Waals surface area contributed by atoms with E-state index in [9.17, 15) is 9.59 Å². The largest absolute Gasteiger partial charge is 0.351 e. The van der Waals surface area contributed by atoms with Gasteiger partial charge in [-0.15, -0.1) is 0 Å². The van der Waals surface area contributed by atoms with Crippen molar-refractivity contribution < 1.29 is 9.59 Å². The third kappa shape index (κ3) is 3.72. The number of benzene rings is 1. The second-order valence-electron chi connectivity index (χ2n) is 4.96. The topological polar surface area (TPSA) is 85.1 Å². The molecule has 21 heavy (non-hydrogen) atoms. The molecule has 1 aromatic carbocycles. The molecule has 3 amide bonds. The first-order valence-electron chi connectivity index (χ1n) is 6.47. The summed E-state index contributed by atoms with van der Waals surface area (Å²) in [6, 6.07) is 5.31. The summed E-state index contributed by atoms with van der Waals surface area (Å²) in [7, 11) is 0. The Labute approximate surface area is 127 Å². The number of amides is 3.